The fourth-order valence-corrected chi connectivity index (χ4v) is 3.95. The van der Waals surface area contributed by atoms with Gasteiger partial charge in [-0.1, -0.05) is 0 Å². The standard InChI is InChI=1S/C13H18N4O3S/c1-2-16-9-12(13(14)15-16)21(18,19)17(10-5-6-10)8-11-4-3-7-20-11/h3-4,7,9-10H,2,5-6,8H2,1H3,(H2,14,15). The zero-order valence-corrected chi connectivity index (χ0v) is 12.6. The quantitative estimate of drug-likeness (QED) is 0.871. The largest absolute Gasteiger partial charge is 0.468 e. The van der Waals surface area contributed by atoms with Crippen molar-refractivity contribution in [3.05, 3.63) is 30.4 Å². The Labute approximate surface area is 123 Å². The minimum absolute atomic E-state index is 0.0180. The minimum atomic E-state index is -3.67. The van der Waals surface area contributed by atoms with E-state index in [-0.39, 0.29) is 23.3 Å². The third-order valence-corrected chi connectivity index (χ3v) is 5.43. The molecule has 1 aliphatic rings. The number of furan rings is 1. The van der Waals surface area contributed by atoms with E-state index < -0.39 is 10.0 Å². The molecule has 114 valence electrons. The van der Waals surface area contributed by atoms with Gasteiger partial charge < -0.3 is 10.2 Å². The third kappa shape index (κ3) is 2.68. The molecule has 0 saturated heterocycles. The summed E-state index contributed by atoms with van der Waals surface area (Å²) >= 11 is 0. The maximum Gasteiger partial charge on any atom is 0.249 e. The van der Waals surface area contributed by atoms with Crippen LogP contribution in [-0.2, 0) is 23.1 Å². The van der Waals surface area contributed by atoms with E-state index in [1.807, 2.05) is 6.92 Å². The number of hydrogen-bond donors (Lipinski definition) is 1. The van der Waals surface area contributed by atoms with Crippen LogP contribution in [0.25, 0.3) is 0 Å². The Kier molecular flexibility index (Phi) is 3.50. The van der Waals surface area contributed by atoms with Crippen LogP contribution < -0.4 is 5.73 Å². The van der Waals surface area contributed by atoms with E-state index in [4.69, 9.17) is 10.2 Å². The summed E-state index contributed by atoms with van der Waals surface area (Å²) in [6.07, 6.45) is 4.75. The van der Waals surface area contributed by atoms with Crippen molar-refractivity contribution in [1.29, 1.82) is 0 Å². The Balaban J connectivity index is 1.95. The number of aromatic nitrogens is 2. The Morgan fingerprint density at radius 2 is 2.29 bits per heavy atom. The van der Waals surface area contributed by atoms with Gasteiger partial charge in [0.2, 0.25) is 10.0 Å². The molecule has 2 heterocycles. The van der Waals surface area contributed by atoms with Gasteiger partial charge in [-0.3, -0.25) is 4.68 Å². The molecule has 2 aromatic rings. The summed E-state index contributed by atoms with van der Waals surface area (Å²) in [7, 11) is -3.67. The summed E-state index contributed by atoms with van der Waals surface area (Å²) in [4.78, 5) is 0.0720. The summed E-state index contributed by atoms with van der Waals surface area (Å²) in [5.41, 5.74) is 5.77. The fraction of sp³-hybridized carbons (Fsp3) is 0.462. The van der Waals surface area contributed by atoms with Gasteiger partial charge in [-0.25, -0.2) is 8.42 Å². The van der Waals surface area contributed by atoms with Crippen molar-refractivity contribution in [2.24, 2.45) is 0 Å². The van der Waals surface area contributed by atoms with Gasteiger partial charge in [0.1, 0.15) is 10.7 Å². The van der Waals surface area contributed by atoms with Gasteiger partial charge in [0.05, 0.1) is 12.8 Å². The lowest BCUT2D eigenvalue weighted by atomic mass is 10.4. The van der Waals surface area contributed by atoms with Crippen LogP contribution in [0.3, 0.4) is 0 Å². The van der Waals surface area contributed by atoms with Crippen LogP contribution in [0.1, 0.15) is 25.5 Å². The van der Waals surface area contributed by atoms with E-state index in [9.17, 15) is 8.42 Å². The first kappa shape index (κ1) is 14.2. The molecule has 0 spiro atoms. The Hall–Kier alpha value is -1.80. The minimum Gasteiger partial charge on any atom is -0.468 e. The third-order valence-electron chi connectivity index (χ3n) is 3.51. The summed E-state index contributed by atoms with van der Waals surface area (Å²) < 4.78 is 33.9. The predicted octanol–water partition coefficient (Wildman–Crippen LogP) is 1.43. The number of nitrogen functional groups attached to an aromatic ring is 1. The molecule has 0 unspecified atom stereocenters. The van der Waals surface area contributed by atoms with E-state index in [1.165, 1.54) is 21.4 Å². The highest BCUT2D eigenvalue weighted by Crippen LogP contribution is 2.34. The molecule has 7 nitrogen and oxygen atoms in total. The van der Waals surface area contributed by atoms with Crippen LogP contribution in [0.4, 0.5) is 5.82 Å². The van der Waals surface area contributed by atoms with Crippen LogP contribution in [0.5, 0.6) is 0 Å². The molecule has 21 heavy (non-hydrogen) atoms. The lowest BCUT2D eigenvalue weighted by Gasteiger charge is -2.20. The molecule has 3 rings (SSSR count). The normalized spacial score (nSPS) is 15.7. The molecule has 2 aromatic heterocycles. The summed E-state index contributed by atoms with van der Waals surface area (Å²) in [5, 5.41) is 4.02. The first-order valence-electron chi connectivity index (χ1n) is 6.89. The second-order valence-electron chi connectivity index (χ2n) is 5.10. The van der Waals surface area contributed by atoms with Crippen LogP contribution in [0, 0.1) is 0 Å². The van der Waals surface area contributed by atoms with Crippen LogP contribution >= 0.6 is 0 Å². The number of nitrogens with two attached hydrogens (primary N) is 1. The average Bonchev–Trinajstić information content (AvgIpc) is 2.99. The SMILES string of the molecule is CCn1cc(S(=O)(=O)N(Cc2ccco2)C2CC2)c(N)n1. The zero-order valence-electron chi connectivity index (χ0n) is 11.8. The summed E-state index contributed by atoms with van der Waals surface area (Å²) in [6.45, 7) is 2.67. The zero-order chi connectivity index (χ0) is 15.0. The van der Waals surface area contributed by atoms with Gasteiger partial charge in [-0.05, 0) is 31.9 Å². The first-order chi connectivity index (χ1) is 10.0. The highest BCUT2D eigenvalue weighted by Gasteiger charge is 2.40. The van der Waals surface area contributed by atoms with Crippen molar-refractivity contribution in [2.45, 2.75) is 43.8 Å². The van der Waals surface area contributed by atoms with Crippen molar-refractivity contribution < 1.29 is 12.8 Å². The Morgan fingerprint density at radius 3 is 2.81 bits per heavy atom. The number of sulfonamides is 1. The highest BCUT2D eigenvalue weighted by molar-refractivity contribution is 7.89. The predicted molar refractivity (Wildman–Crippen MR) is 76.8 cm³/mol. The van der Waals surface area contributed by atoms with Crippen molar-refractivity contribution >= 4 is 15.8 Å². The van der Waals surface area contributed by atoms with E-state index in [0.717, 1.165) is 12.8 Å². The average molecular weight is 310 g/mol. The van der Waals surface area contributed by atoms with Crippen molar-refractivity contribution in [3.8, 4) is 0 Å². The monoisotopic (exact) mass is 310 g/mol. The number of hydrogen-bond acceptors (Lipinski definition) is 5. The smallest absolute Gasteiger partial charge is 0.249 e. The number of anilines is 1. The molecular weight excluding hydrogens is 292 g/mol. The number of rotatable bonds is 6. The lowest BCUT2D eigenvalue weighted by Crippen LogP contribution is -2.32. The van der Waals surface area contributed by atoms with Crippen molar-refractivity contribution in [3.63, 3.8) is 0 Å². The van der Waals surface area contributed by atoms with Gasteiger partial charge in [-0.15, -0.1) is 0 Å². The molecule has 1 aliphatic carbocycles. The van der Waals surface area contributed by atoms with Gasteiger partial charge in [0.25, 0.3) is 0 Å². The molecule has 0 aromatic carbocycles. The second kappa shape index (κ2) is 5.19. The molecule has 0 aliphatic heterocycles. The first-order valence-corrected chi connectivity index (χ1v) is 8.33. The molecule has 0 amide bonds. The molecule has 0 radical (unpaired) electrons. The lowest BCUT2D eigenvalue weighted by molar-refractivity contribution is 0.357. The molecule has 1 saturated carbocycles. The maximum absolute atomic E-state index is 12.8. The van der Waals surface area contributed by atoms with Crippen molar-refractivity contribution in [2.75, 3.05) is 5.73 Å². The number of nitrogens with zero attached hydrogens (tertiary/aromatic N) is 3. The maximum atomic E-state index is 12.8. The van der Waals surface area contributed by atoms with E-state index in [0.29, 0.717) is 12.3 Å². The Bertz CT molecular complexity index is 717. The fourth-order valence-electron chi connectivity index (χ4n) is 2.23. The van der Waals surface area contributed by atoms with Crippen molar-refractivity contribution in [1.82, 2.24) is 14.1 Å². The molecule has 8 heteroatoms. The van der Waals surface area contributed by atoms with Crippen LogP contribution in [0.2, 0.25) is 0 Å². The van der Waals surface area contributed by atoms with Gasteiger partial charge in [0.15, 0.2) is 5.82 Å². The molecule has 2 N–H and O–H groups in total. The van der Waals surface area contributed by atoms with Crippen LogP contribution in [-0.4, -0.2) is 28.5 Å². The molecule has 0 bridgehead atoms. The summed E-state index contributed by atoms with van der Waals surface area (Å²) in [5.74, 6) is 0.661. The van der Waals surface area contributed by atoms with E-state index in [2.05, 4.69) is 5.10 Å². The van der Waals surface area contributed by atoms with E-state index in [1.54, 1.807) is 12.1 Å². The topological polar surface area (TPSA) is 94.4 Å². The second-order valence-corrected chi connectivity index (χ2v) is 6.95. The van der Waals surface area contributed by atoms with E-state index >= 15 is 0 Å². The van der Waals surface area contributed by atoms with Gasteiger partial charge >= 0.3 is 0 Å². The molecule has 0 atom stereocenters. The molecular formula is C13H18N4O3S. The molecule has 1 fully saturated rings. The van der Waals surface area contributed by atoms with Gasteiger partial charge in [0, 0.05) is 18.8 Å². The number of aryl methyl sites for hydroxylation is 1. The summed E-state index contributed by atoms with van der Waals surface area (Å²) in [6, 6.07) is 3.53. The Morgan fingerprint density at radius 1 is 1.52 bits per heavy atom. The van der Waals surface area contributed by atoms with Gasteiger partial charge in [-0.2, -0.15) is 9.40 Å². The highest BCUT2D eigenvalue weighted by atomic mass is 32.2. The van der Waals surface area contributed by atoms with Crippen LogP contribution in [0.15, 0.2) is 33.9 Å².